The van der Waals surface area contributed by atoms with Gasteiger partial charge < -0.3 is 9.47 Å². The molecule has 0 fully saturated rings. The van der Waals surface area contributed by atoms with Crippen molar-refractivity contribution in [1.29, 1.82) is 0 Å². The molecule has 9 nitrogen and oxygen atoms in total. The van der Waals surface area contributed by atoms with E-state index < -0.39 is 56.9 Å². The number of hydrogen-bond donors (Lipinski definition) is 0. The summed E-state index contributed by atoms with van der Waals surface area (Å²) in [6, 6.07) is 1.24. The van der Waals surface area contributed by atoms with Crippen LogP contribution in [0.15, 0.2) is 12.1 Å². The van der Waals surface area contributed by atoms with Gasteiger partial charge >= 0.3 is 24.1 Å². The smallest absolute Gasteiger partial charge is 0.387 e. The maximum atomic E-state index is 12.7. The summed E-state index contributed by atoms with van der Waals surface area (Å²) in [5.74, 6) is -2.07. The third-order valence-corrected chi connectivity index (χ3v) is 2.85. The van der Waals surface area contributed by atoms with Gasteiger partial charge in [0.05, 0.1) is 15.4 Å². The first-order valence-electron chi connectivity index (χ1n) is 6.50. The van der Waals surface area contributed by atoms with Crippen molar-refractivity contribution in [3.8, 4) is 5.75 Å². The molecule has 0 atom stereocenters. The zero-order valence-electron chi connectivity index (χ0n) is 12.9. The molecule has 0 heterocycles. The first kappa shape index (κ1) is 21.0. The highest BCUT2D eigenvalue weighted by Crippen LogP contribution is 2.42. The topological polar surface area (TPSA) is 122 Å². The second-order valence-corrected chi connectivity index (χ2v) is 4.98. The minimum Gasteiger partial charge on any atom is -0.387 e. The molecule has 0 aliphatic heterocycles. The first-order valence-corrected chi connectivity index (χ1v) is 6.50. The Morgan fingerprint density at radius 3 is 1.88 bits per heavy atom. The van der Waals surface area contributed by atoms with Crippen molar-refractivity contribution in [2.75, 3.05) is 0 Å². The number of benzene rings is 1. The quantitative estimate of drug-likeness (QED) is 0.242. The molecular formula is C12H9F5N2O7. The van der Waals surface area contributed by atoms with Gasteiger partial charge in [0.25, 0.3) is 5.69 Å². The number of nitro groups is 2. The molecule has 0 N–H and O–H groups in total. The van der Waals surface area contributed by atoms with Crippen LogP contribution in [0.5, 0.6) is 5.75 Å². The lowest BCUT2D eigenvalue weighted by Crippen LogP contribution is -2.41. The zero-order valence-corrected chi connectivity index (χ0v) is 12.9. The van der Waals surface area contributed by atoms with E-state index in [4.69, 9.17) is 0 Å². The maximum Gasteiger partial charge on any atom is 0.519 e. The summed E-state index contributed by atoms with van der Waals surface area (Å²) in [4.78, 5) is 31.1. The minimum absolute atomic E-state index is 0.536. The molecule has 0 aliphatic carbocycles. The normalized spacial score (nSPS) is 12.0. The Labute approximate surface area is 140 Å². The van der Waals surface area contributed by atoms with Crippen molar-refractivity contribution in [3.63, 3.8) is 0 Å². The Hall–Kier alpha value is -3.06. The predicted molar refractivity (Wildman–Crippen MR) is 72.0 cm³/mol. The van der Waals surface area contributed by atoms with Gasteiger partial charge in [-0.1, -0.05) is 13.8 Å². The second-order valence-electron chi connectivity index (χ2n) is 4.98. The van der Waals surface area contributed by atoms with Gasteiger partial charge in [-0.2, -0.15) is 22.0 Å². The summed E-state index contributed by atoms with van der Waals surface area (Å²) < 4.78 is 68.5. The molecule has 1 rings (SSSR count). The standard InChI is InChI=1S/C12H9F5N2O7/c1-5(2)8-6(18(21)22)3-4-7(19(23)24)9(8)25-10(20)26-12(16,17)11(13,14)15/h3-5H,1-2H3. The Balaban J connectivity index is 3.42. The fourth-order valence-corrected chi connectivity index (χ4v) is 1.81. The molecule has 1 aromatic rings. The molecule has 0 spiro atoms. The number of halogens is 5. The number of hydrogen-bond acceptors (Lipinski definition) is 7. The second kappa shape index (κ2) is 7.05. The molecule has 0 aromatic heterocycles. The van der Waals surface area contributed by atoms with E-state index in [1.807, 2.05) is 0 Å². The Morgan fingerprint density at radius 1 is 1.04 bits per heavy atom. The minimum atomic E-state index is -6.26. The first-order chi connectivity index (χ1) is 11.7. The third kappa shape index (κ3) is 4.31. The van der Waals surface area contributed by atoms with E-state index in [2.05, 4.69) is 9.47 Å². The SMILES string of the molecule is CC(C)c1c([N+](=O)[O-])ccc([N+](=O)[O-])c1OC(=O)OC(F)(F)C(F)(F)F. The molecular weight excluding hydrogens is 379 g/mol. The predicted octanol–water partition coefficient (Wildman–Crippen LogP) is 4.30. The Bertz CT molecular complexity index is 748. The van der Waals surface area contributed by atoms with Crippen molar-refractivity contribution < 1.29 is 46.1 Å². The lowest BCUT2D eigenvalue weighted by Gasteiger charge is -2.19. The highest BCUT2D eigenvalue weighted by atomic mass is 19.4. The van der Waals surface area contributed by atoms with Gasteiger partial charge in [-0.25, -0.2) is 4.79 Å². The molecule has 14 heteroatoms. The van der Waals surface area contributed by atoms with Crippen LogP contribution in [0, 0.1) is 20.2 Å². The summed E-state index contributed by atoms with van der Waals surface area (Å²) in [6.07, 6.45) is -14.8. The number of nitrogens with zero attached hydrogens (tertiary/aromatic N) is 2. The van der Waals surface area contributed by atoms with Crippen LogP contribution in [0.4, 0.5) is 38.1 Å². The van der Waals surface area contributed by atoms with Crippen molar-refractivity contribution in [1.82, 2.24) is 0 Å². The lowest BCUT2D eigenvalue weighted by atomic mass is 9.99. The largest absolute Gasteiger partial charge is 0.519 e. The lowest BCUT2D eigenvalue weighted by molar-refractivity contribution is -0.390. The molecule has 144 valence electrons. The maximum absolute atomic E-state index is 12.7. The number of ether oxygens (including phenoxy) is 2. The highest BCUT2D eigenvalue weighted by molar-refractivity contribution is 5.71. The van der Waals surface area contributed by atoms with E-state index in [0.29, 0.717) is 12.1 Å². The Kier molecular flexibility index (Phi) is 5.69. The molecule has 0 saturated carbocycles. The van der Waals surface area contributed by atoms with Crippen LogP contribution in [-0.2, 0) is 4.74 Å². The molecule has 0 saturated heterocycles. The van der Waals surface area contributed by atoms with E-state index in [9.17, 15) is 47.0 Å². The van der Waals surface area contributed by atoms with Crippen molar-refractivity contribution in [3.05, 3.63) is 37.9 Å². The van der Waals surface area contributed by atoms with Gasteiger partial charge in [0.1, 0.15) is 0 Å². The van der Waals surface area contributed by atoms with Crippen LogP contribution in [0.25, 0.3) is 0 Å². The van der Waals surface area contributed by atoms with Crippen molar-refractivity contribution in [2.45, 2.75) is 32.1 Å². The monoisotopic (exact) mass is 388 g/mol. The molecule has 0 bridgehead atoms. The van der Waals surface area contributed by atoms with E-state index in [0.717, 1.165) is 0 Å². The average Bonchev–Trinajstić information content (AvgIpc) is 2.43. The summed E-state index contributed by atoms with van der Waals surface area (Å²) in [5, 5.41) is 22.0. The van der Waals surface area contributed by atoms with Gasteiger partial charge in [-0.3, -0.25) is 20.2 Å². The summed E-state index contributed by atoms with van der Waals surface area (Å²) in [5.41, 5.74) is -2.39. The summed E-state index contributed by atoms with van der Waals surface area (Å²) in [6.45, 7) is 2.57. The molecule has 0 aliphatic rings. The molecule has 1 aromatic carbocycles. The van der Waals surface area contributed by atoms with Crippen LogP contribution >= 0.6 is 0 Å². The van der Waals surface area contributed by atoms with E-state index >= 15 is 0 Å². The fraction of sp³-hybridized carbons (Fsp3) is 0.417. The van der Waals surface area contributed by atoms with E-state index in [1.165, 1.54) is 13.8 Å². The highest BCUT2D eigenvalue weighted by Gasteiger charge is 2.62. The molecule has 0 amide bonds. The van der Waals surface area contributed by atoms with Crippen LogP contribution in [0.2, 0.25) is 0 Å². The van der Waals surface area contributed by atoms with Gasteiger partial charge in [0.2, 0.25) is 5.75 Å². The summed E-state index contributed by atoms with van der Waals surface area (Å²) >= 11 is 0. The van der Waals surface area contributed by atoms with Crippen LogP contribution in [0.3, 0.4) is 0 Å². The zero-order chi connectivity index (χ0) is 20.4. The van der Waals surface area contributed by atoms with Crippen molar-refractivity contribution >= 4 is 17.5 Å². The molecule has 0 unspecified atom stereocenters. The van der Waals surface area contributed by atoms with Crippen LogP contribution in [-0.4, -0.2) is 28.3 Å². The van der Waals surface area contributed by atoms with E-state index in [-0.39, 0.29) is 0 Å². The van der Waals surface area contributed by atoms with Gasteiger partial charge in [0.15, 0.2) is 0 Å². The van der Waals surface area contributed by atoms with Gasteiger partial charge in [-0.15, -0.1) is 0 Å². The number of rotatable bonds is 5. The summed E-state index contributed by atoms with van der Waals surface area (Å²) in [7, 11) is 0. The van der Waals surface area contributed by atoms with E-state index in [1.54, 1.807) is 0 Å². The number of carbonyl (C=O) groups is 1. The van der Waals surface area contributed by atoms with Gasteiger partial charge in [-0.05, 0) is 5.92 Å². The molecule has 0 radical (unpaired) electrons. The Morgan fingerprint density at radius 2 is 1.50 bits per heavy atom. The number of carbonyl (C=O) groups excluding carboxylic acids is 1. The van der Waals surface area contributed by atoms with Crippen LogP contribution in [0.1, 0.15) is 25.3 Å². The molecule has 26 heavy (non-hydrogen) atoms. The third-order valence-electron chi connectivity index (χ3n) is 2.85. The van der Waals surface area contributed by atoms with Crippen molar-refractivity contribution in [2.24, 2.45) is 0 Å². The number of nitro benzene ring substituents is 2. The average molecular weight is 388 g/mol. The van der Waals surface area contributed by atoms with Crippen LogP contribution < -0.4 is 4.74 Å². The fourth-order valence-electron chi connectivity index (χ4n) is 1.81. The number of alkyl halides is 5. The van der Waals surface area contributed by atoms with Gasteiger partial charge in [0, 0.05) is 12.1 Å².